The van der Waals surface area contributed by atoms with Gasteiger partial charge in [-0.15, -0.1) is 0 Å². The highest BCUT2D eigenvalue weighted by atomic mass is 19.1. The first-order valence-corrected chi connectivity index (χ1v) is 7.85. The van der Waals surface area contributed by atoms with Crippen molar-refractivity contribution in [1.82, 2.24) is 0 Å². The molecule has 26 heavy (non-hydrogen) atoms. The molecule has 1 aliphatic heterocycles. The van der Waals surface area contributed by atoms with Gasteiger partial charge < -0.3 is 31.5 Å². The Hall–Kier alpha value is -2.75. The molecule has 138 valence electrons. The van der Waals surface area contributed by atoms with Crippen LogP contribution in [0.3, 0.4) is 0 Å². The van der Waals surface area contributed by atoms with E-state index < -0.39 is 35.3 Å². The highest BCUT2D eigenvalue weighted by Crippen LogP contribution is 2.30. The Morgan fingerprint density at radius 2 is 1.96 bits per heavy atom. The summed E-state index contributed by atoms with van der Waals surface area (Å²) in [5.41, 5.74) is 10.5. The van der Waals surface area contributed by atoms with Crippen LogP contribution >= 0.6 is 0 Å². The molecule has 3 rings (SSSR count). The third kappa shape index (κ3) is 3.59. The predicted octanol–water partition coefficient (Wildman–Crippen LogP) is 1.09. The zero-order valence-electron chi connectivity index (χ0n) is 13.7. The first-order valence-electron chi connectivity index (χ1n) is 7.85. The summed E-state index contributed by atoms with van der Waals surface area (Å²) in [7, 11) is 0. The van der Waals surface area contributed by atoms with Crippen molar-refractivity contribution in [3.05, 3.63) is 58.3 Å². The molecular weight excluding hydrogens is 346 g/mol. The highest BCUT2D eigenvalue weighted by Gasteiger charge is 2.31. The first kappa shape index (κ1) is 18.1. The summed E-state index contributed by atoms with van der Waals surface area (Å²) in [5.74, 6) is -1.87. The Balaban J connectivity index is 1.93. The lowest BCUT2D eigenvalue weighted by molar-refractivity contribution is -0.0855. The fourth-order valence-corrected chi connectivity index (χ4v) is 2.66. The molecule has 0 aliphatic carbocycles. The number of aliphatic hydroxyl groups excluding tert-OH is 1. The molecule has 0 bridgehead atoms. The van der Waals surface area contributed by atoms with E-state index in [-0.39, 0.29) is 30.2 Å². The van der Waals surface area contributed by atoms with Gasteiger partial charge in [0.05, 0.1) is 18.3 Å². The third-order valence-corrected chi connectivity index (χ3v) is 3.97. The number of rotatable bonds is 4. The lowest BCUT2D eigenvalue weighted by Gasteiger charge is -2.21. The van der Waals surface area contributed by atoms with E-state index in [1.807, 2.05) is 0 Å². The van der Waals surface area contributed by atoms with Crippen molar-refractivity contribution in [3.8, 4) is 0 Å². The van der Waals surface area contributed by atoms with Crippen molar-refractivity contribution >= 4 is 22.7 Å². The quantitative estimate of drug-likeness (QED) is 0.642. The summed E-state index contributed by atoms with van der Waals surface area (Å²) in [6.45, 7) is 0.357. The molecule has 2 atom stereocenters. The first-order chi connectivity index (χ1) is 12.4. The smallest absolute Gasteiger partial charge is 0.238 e. The molecule has 1 saturated heterocycles. The number of hydrogen-bond donors (Lipinski definition) is 4. The molecule has 2 aromatic rings. The van der Waals surface area contributed by atoms with Gasteiger partial charge in [0.25, 0.3) is 0 Å². The topological polar surface area (TPSA) is 114 Å². The molecule has 0 spiro atoms. The van der Waals surface area contributed by atoms with Gasteiger partial charge in [0.2, 0.25) is 11.8 Å². The summed E-state index contributed by atoms with van der Waals surface area (Å²) in [6.07, 6.45) is -1.79. The van der Waals surface area contributed by atoms with E-state index in [0.717, 1.165) is 12.1 Å². The summed E-state index contributed by atoms with van der Waals surface area (Å²) in [5, 5.41) is 12.3. The fraction of sp³-hybridized carbons (Fsp3) is 0.235. The maximum Gasteiger partial charge on any atom is 0.238 e. The fourth-order valence-electron chi connectivity index (χ4n) is 2.66. The number of halogens is 2. The lowest BCUT2D eigenvalue weighted by Crippen LogP contribution is -2.30. The van der Waals surface area contributed by atoms with E-state index in [1.54, 1.807) is 0 Å². The van der Waals surface area contributed by atoms with E-state index in [2.05, 4.69) is 5.32 Å². The summed E-state index contributed by atoms with van der Waals surface area (Å²) < 4.78 is 34.1. The van der Waals surface area contributed by atoms with E-state index in [0.29, 0.717) is 0 Å². The standard InChI is InChI=1S/C17H18F2N4O3/c18-12-5-10(23-8-11(7-20)26-17(23)25)6-13(19)16(12)22-14-4-9(21)2-1-3-15(14)24/h1-6,11,17,25H,7-8,20-21H2,(H,22,24)/t11-,17?/m0/s1. The zero-order chi connectivity index (χ0) is 18.8. The van der Waals surface area contributed by atoms with Crippen LogP contribution in [0.15, 0.2) is 41.2 Å². The minimum absolute atomic E-state index is 0.0641. The van der Waals surface area contributed by atoms with Crippen molar-refractivity contribution in [3.63, 3.8) is 0 Å². The Labute approximate surface area is 147 Å². The number of nitrogens with zero attached hydrogens (tertiary/aromatic N) is 1. The van der Waals surface area contributed by atoms with Crippen LogP contribution in [0, 0.1) is 11.6 Å². The number of aliphatic hydroxyl groups is 1. The van der Waals surface area contributed by atoms with Crippen LogP contribution < -0.4 is 27.1 Å². The number of benzene rings is 1. The van der Waals surface area contributed by atoms with Gasteiger partial charge >= 0.3 is 0 Å². The molecule has 9 heteroatoms. The zero-order valence-corrected chi connectivity index (χ0v) is 13.7. The molecule has 7 nitrogen and oxygen atoms in total. The average Bonchev–Trinajstić information content (AvgIpc) is 2.89. The molecule has 1 aliphatic rings. The molecule has 2 aromatic carbocycles. The Morgan fingerprint density at radius 3 is 2.58 bits per heavy atom. The Bertz CT molecular complexity index is 858. The predicted molar refractivity (Wildman–Crippen MR) is 94.0 cm³/mol. The minimum Gasteiger partial charge on any atom is -0.399 e. The number of hydrogen-bond acceptors (Lipinski definition) is 7. The van der Waals surface area contributed by atoms with Crippen LogP contribution in [0.25, 0.3) is 0 Å². The van der Waals surface area contributed by atoms with Gasteiger partial charge in [-0.25, -0.2) is 8.78 Å². The molecule has 1 unspecified atom stereocenters. The average molecular weight is 364 g/mol. The lowest BCUT2D eigenvalue weighted by atomic mass is 10.2. The van der Waals surface area contributed by atoms with Gasteiger partial charge in [-0.2, -0.15) is 0 Å². The van der Waals surface area contributed by atoms with Crippen molar-refractivity contribution in [2.45, 2.75) is 12.5 Å². The maximum atomic E-state index is 14.5. The van der Waals surface area contributed by atoms with Gasteiger partial charge in [-0.05, 0) is 30.3 Å². The van der Waals surface area contributed by atoms with Gasteiger partial charge in [-0.1, -0.05) is 6.07 Å². The number of nitrogens with two attached hydrogens (primary N) is 2. The molecule has 1 fully saturated rings. The molecular formula is C17H18F2N4O3. The summed E-state index contributed by atoms with van der Waals surface area (Å²) in [6, 6.07) is 7.53. The van der Waals surface area contributed by atoms with Crippen molar-refractivity contribution < 1.29 is 18.6 Å². The Morgan fingerprint density at radius 1 is 1.27 bits per heavy atom. The van der Waals surface area contributed by atoms with Gasteiger partial charge in [0.15, 0.2) is 11.6 Å². The monoisotopic (exact) mass is 364 g/mol. The van der Waals surface area contributed by atoms with Crippen molar-refractivity contribution in [2.24, 2.45) is 5.73 Å². The van der Waals surface area contributed by atoms with Crippen LogP contribution in [0.1, 0.15) is 0 Å². The molecule has 0 radical (unpaired) electrons. The maximum absolute atomic E-state index is 14.5. The second-order valence-corrected chi connectivity index (χ2v) is 5.83. The molecule has 0 amide bonds. The summed E-state index contributed by atoms with van der Waals surface area (Å²) in [4.78, 5) is 13.2. The second-order valence-electron chi connectivity index (χ2n) is 5.83. The van der Waals surface area contributed by atoms with Crippen molar-refractivity contribution in [1.29, 1.82) is 0 Å². The SMILES string of the molecule is NC[C@H]1CN(c2cc(F)c(Nc3cc(N)cccc3=O)c(F)c2)C(O)O1. The third-order valence-electron chi connectivity index (χ3n) is 3.97. The number of anilines is 4. The van der Waals surface area contributed by atoms with E-state index in [1.165, 1.54) is 29.2 Å². The van der Waals surface area contributed by atoms with Crippen LogP contribution in [-0.4, -0.2) is 30.7 Å². The highest BCUT2D eigenvalue weighted by molar-refractivity contribution is 5.66. The van der Waals surface area contributed by atoms with Gasteiger partial charge in [0, 0.05) is 17.9 Å². The van der Waals surface area contributed by atoms with Crippen LogP contribution in [-0.2, 0) is 4.74 Å². The minimum atomic E-state index is -1.35. The molecule has 0 aromatic heterocycles. The Kier molecular flexibility index (Phi) is 5.03. The van der Waals surface area contributed by atoms with E-state index >= 15 is 0 Å². The van der Waals surface area contributed by atoms with Crippen LogP contribution in [0.2, 0.25) is 0 Å². The number of nitrogen functional groups attached to an aromatic ring is 1. The number of nitrogens with one attached hydrogen (secondary N) is 1. The second kappa shape index (κ2) is 7.24. The summed E-state index contributed by atoms with van der Waals surface area (Å²) >= 11 is 0. The number of ether oxygens (including phenoxy) is 1. The van der Waals surface area contributed by atoms with E-state index in [4.69, 9.17) is 16.2 Å². The van der Waals surface area contributed by atoms with Crippen LogP contribution in [0.5, 0.6) is 0 Å². The molecule has 1 heterocycles. The molecule has 0 saturated carbocycles. The van der Waals surface area contributed by atoms with Gasteiger partial charge in [0.1, 0.15) is 5.69 Å². The normalized spacial score (nSPS) is 19.6. The molecule has 6 N–H and O–H groups in total. The van der Waals surface area contributed by atoms with Gasteiger partial charge in [-0.3, -0.25) is 4.79 Å². The van der Waals surface area contributed by atoms with Crippen molar-refractivity contribution in [2.75, 3.05) is 29.0 Å². The largest absolute Gasteiger partial charge is 0.399 e. The van der Waals surface area contributed by atoms with E-state index in [9.17, 15) is 18.7 Å². The van der Waals surface area contributed by atoms with Crippen LogP contribution in [0.4, 0.5) is 31.5 Å².